The second kappa shape index (κ2) is 11.2. The molecule has 0 spiro atoms. The lowest BCUT2D eigenvalue weighted by atomic mass is 10.0. The normalized spacial score (nSPS) is 11.4. The summed E-state index contributed by atoms with van der Waals surface area (Å²) in [4.78, 5) is 37.0. The number of rotatable bonds is 10. The quantitative estimate of drug-likeness (QED) is 0.560. The van der Waals surface area contributed by atoms with Crippen LogP contribution in [0.5, 0.6) is 11.5 Å². The third-order valence-corrected chi connectivity index (χ3v) is 5.11. The lowest BCUT2D eigenvalue weighted by molar-refractivity contribution is -0.141. The molecular weight excluding hydrogens is 416 g/mol. The molecule has 1 heterocycles. The van der Waals surface area contributed by atoms with Crippen molar-refractivity contribution in [3.63, 3.8) is 0 Å². The number of hydrogen-bond donors (Lipinski definition) is 1. The topological polar surface area (TPSA) is 105 Å². The Balaban J connectivity index is 2.26. The van der Waals surface area contributed by atoms with Crippen molar-refractivity contribution < 1.29 is 33.3 Å². The molecule has 1 atom stereocenters. The molecule has 0 bridgehead atoms. The summed E-state index contributed by atoms with van der Waals surface area (Å²) in [5, 5.41) is 2.88. The third kappa shape index (κ3) is 5.81. The number of carbonyl (C=O) groups excluding carboxylic acids is 3. The van der Waals surface area contributed by atoms with Crippen LogP contribution in [0.4, 0.5) is 0 Å². The smallest absolute Gasteiger partial charge is 0.339 e. The molecule has 1 aromatic carbocycles. The Kier molecular flexibility index (Phi) is 8.69. The van der Waals surface area contributed by atoms with E-state index in [2.05, 4.69) is 5.32 Å². The molecule has 1 unspecified atom stereocenters. The van der Waals surface area contributed by atoms with E-state index in [-0.39, 0.29) is 25.5 Å². The Bertz CT molecular complexity index is 981. The zero-order valence-corrected chi connectivity index (χ0v) is 19.3. The number of aryl methyl sites for hydroxylation is 1. The van der Waals surface area contributed by atoms with Gasteiger partial charge in [0.25, 0.3) is 0 Å². The molecule has 1 amide bonds. The van der Waals surface area contributed by atoms with E-state index in [0.717, 1.165) is 5.69 Å². The zero-order valence-electron chi connectivity index (χ0n) is 19.3. The Labute approximate surface area is 187 Å². The minimum Gasteiger partial charge on any atom is -0.493 e. The van der Waals surface area contributed by atoms with Crippen LogP contribution in [0, 0.1) is 13.8 Å². The first-order chi connectivity index (χ1) is 15.2. The lowest BCUT2D eigenvalue weighted by Gasteiger charge is -2.20. The van der Waals surface area contributed by atoms with Gasteiger partial charge in [0, 0.05) is 11.4 Å². The molecule has 1 N–H and O–H groups in total. The van der Waals surface area contributed by atoms with Crippen molar-refractivity contribution >= 4 is 17.8 Å². The Morgan fingerprint density at radius 3 is 2.31 bits per heavy atom. The molecular formula is C23H30N2O7. The van der Waals surface area contributed by atoms with Crippen molar-refractivity contribution in [2.45, 2.75) is 39.8 Å². The summed E-state index contributed by atoms with van der Waals surface area (Å²) in [5.74, 6) is -0.218. The van der Waals surface area contributed by atoms with Crippen LogP contribution in [-0.2, 0) is 25.6 Å². The second-order valence-corrected chi connectivity index (χ2v) is 7.11. The summed E-state index contributed by atoms with van der Waals surface area (Å²) in [7, 11) is 4.32. The van der Waals surface area contributed by atoms with Crippen molar-refractivity contribution in [2.75, 3.05) is 27.9 Å². The van der Waals surface area contributed by atoms with Crippen molar-refractivity contribution in [1.29, 1.82) is 0 Å². The highest BCUT2D eigenvalue weighted by atomic mass is 16.5. The number of ether oxygens (including phenoxy) is 4. The number of nitrogens with one attached hydrogen (secondary N) is 1. The highest BCUT2D eigenvalue weighted by molar-refractivity contribution is 5.91. The summed E-state index contributed by atoms with van der Waals surface area (Å²) in [6.07, 6.45) is -0.0601. The second-order valence-electron chi connectivity index (χ2n) is 7.11. The van der Waals surface area contributed by atoms with Gasteiger partial charge >= 0.3 is 11.9 Å². The minimum atomic E-state index is -0.643. The van der Waals surface area contributed by atoms with Gasteiger partial charge in [-0.3, -0.25) is 9.59 Å². The molecule has 0 saturated heterocycles. The molecule has 9 heteroatoms. The van der Waals surface area contributed by atoms with Gasteiger partial charge in [-0.15, -0.1) is 0 Å². The monoisotopic (exact) mass is 446 g/mol. The highest BCUT2D eigenvalue weighted by Gasteiger charge is 2.23. The van der Waals surface area contributed by atoms with E-state index in [1.165, 1.54) is 21.3 Å². The number of hydrogen-bond acceptors (Lipinski definition) is 7. The first-order valence-electron chi connectivity index (χ1n) is 10.2. The molecule has 2 rings (SSSR count). The molecule has 0 aliphatic rings. The number of carbonyl (C=O) groups is 3. The fourth-order valence-electron chi connectivity index (χ4n) is 3.42. The average Bonchev–Trinajstić information content (AvgIpc) is 3.06. The van der Waals surface area contributed by atoms with Gasteiger partial charge in [0.05, 0.1) is 46.0 Å². The number of nitrogens with zero attached hydrogens (tertiary/aromatic N) is 1. The summed E-state index contributed by atoms with van der Waals surface area (Å²) in [6, 6.07) is 6.21. The fraction of sp³-hybridized carbons (Fsp3) is 0.435. The molecule has 174 valence electrons. The Morgan fingerprint density at radius 1 is 1.03 bits per heavy atom. The van der Waals surface area contributed by atoms with Gasteiger partial charge in [0.15, 0.2) is 11.5 Å². The van der Waals surface area contributed by atoms with Crippen LogP contribution < -0.4 is 14.8 Å². The van der Waals surface area contributed by atoms with E-state index >= 15 is 0 Å². The minimum absolute atomic E-state index is 0.0258. The maximum atomic E-state index is 12.9. The highest BCUT2D eigenvalue weighted by Crippen LogP contribution is 2.31. The molecule has 32 heavy (non-hydrogen) atoms. The van der Waals surface area contributed by atoms with E-state index < -0.39 is 18.0 Å². The van der Waals surface area contributed by atoms with Crippen LogP contribution in [0.25, 0.3) is 0 Å². The van der Waals surface area contributed by atoms with Gasteiger partial charge in [-0.05, 0) is 44.5 Å². The summed E-state index contributed by atoms with van der Waals surface area (Å²) < 4.78 is 22.2. The molecule has 9 nitrogen and oxygen atoms in total. The standard InChI is InChI=1S/C23H30N2O7/c1-7-32-23(28)17-10-14(2)25(15(17)3)13-21(26)24-18(12-22(27)31-6)16-8-9-19(29-4)20(11-16)30-5/h8-11,18H,7,12-13H2,1-6H3,(H,24,26). The van der Waals surface area contributed by atoms with E-state index in [1.807, 2.05) is 6.92 Å². The van der Waals surface area contributed by atoms with Crippen LogP contribution in [0.2, 0.25) is 0 Å². The molecule has 0 saturated carbocycles. The van der Waals surface area contributed by atoms with Gasteiger partial charge in [-0.2, -0.15) is 0 Å². The largest absolute Gasteiger partial charge is 0.493 e. The Hall–Kier alpha value is -3.49. The van der Waals surface area contributed by atoms with Crippen LogP contribution in [0.3, 0.4) is 0 Å². The average molecular weight is 447 g/mol. The SMILES string of the molecule is CCOC(=O)c1cc(C)n(CC(=O)NC(CC(=O)OC)c2ccc(OC)c(OC)c2)c1C. The number of benzene rings is 1. The summed E-state index contributed by atoms with van der Waals surface area (Å²) >= 11 is 0. The molecule has 2 aromatic rings. The zero-order chi connectivity index (χ0) is 23.8. The lowest BCUT2D eigenvalue weighted by Crippen LogP contribution is -2.33. The molecule has 0 aliphatic carbocycles. The molecule has 0 aliphatic heterocycles. The molecule has 0 fully saturated rings. The number of methoxy groups -OCH3 is 3. The van der Waals surface area contributed by atoms with E-state index in [0.29, 0.717) is 28.3 Å². The van der Waals surface area contributed by atoms with Gasteiger partial charge in [-0.1, -0.05) is 6.07 Å². The van der Waals surface area contributed by atoms with Crippen molar-refractivity contribution in [3.8, 4) is 11.5 Å². The maximum Gasteiger partial charge on any atom is 0.339 e. The number of esters is 2. The first-order valence-corrected chi connectivity index (χ1v) is 10.2. The van der Waals surface area contributed by atoms with E-state index in [9.17, 15) is 14.4 Å². The Morgan fingerprint density at radius 2 is 1.72 bits per heavy atom. The van der Waals surface area contributed by atoms with E-state index in [1.54, 1.807) is 42.7 Å². The summed E-state index contributed by atoms with van der Waals surface area (Å²) in [5.41, 5.74) is 2.46. The van der Waals surface area contributed by atoms with Gasteiger partial charge < -0.3 is 28.8 Å². The third-order valence-electron chi connectivity index (χ3n) is 5.11. The molecule has 0 radical (unpaired) electrons. The van der Waals surface area contributed by atoms with Crippen LogP contribution in [0.15, 0.2) is 24.3 Å². The van der Waals surface area contributed by atoms with Crippen LogP contribution in [-0.4, -0.2) is 50.3 Å². The van der Waals surface area contributed by atoms with Crippen LogP contribution in [0.1, 0.15) is 46.7 Å². The summed E-state index contributed by atoms with van der Waals surface area (Å²) in [6.45, 7) is 5.54. The van der Waals surface area contributed by atoms with E-state index in [4.69, 9.17) is 18.9 Å². The van der Waals surface area contributed by atoms with Crippen LogP contribution >= 0.6 is 0 Å². The van der Waals surface area contributed by atoms with Crippen molar-refractivity contribution in [3.05, 3.63) is 46.8 Å². The predicted molar refractivity (Wildman–Crippen MR) is 117 cm³/mol. The van der Waals surface area contributed by atoms with Crippen molar-refractivity contribution in [2.24, 2.45) is 0 Å². The molecule has 1 aromatic heterocycles. The van der Waals surface area contributed by atoms with Crippen molar-refractivity contribution in [1.82, 2.24) is 9.88 Å². The predicted octanol–water partition coefficient (Wildman–Crippen LogP) is 2.72. The number of aromatic nitrogens is 1. The maximum absolute atomic E-state index is 12.9. The number of amides is 1. The van der Waals surface area contributed by atoms with Gasteiger partial charge in [-0.25, -0.2) is 4.79 Å². The fourth-order valence-corrected chi connectivity index (χ4v) is 3.42. The van der Waals surface area contributed by atoms with Gasteiger partial charge in [0.1, 0.15) is 6.54 Å². The van der Waals surface area contributed by atoms with Gasteiger partial charge in [0.2, 0.25) is 5.91 Å². The first kappa shape index (κ1) is 24.8.